The largest absolute Gasteiger partial charge is 0.351 e. The van der Waals surface area contributed by atoms with Gasteiger partial charge in [0.05, 0.1) is 0 Å². The van der Waals surface area contributed by atoms with E-state index in [1.165, 1.54) is 11.4 Å². The molecule has 1 aromatic heterocycles. The van der Waals surface area contributed by atoms with Crippen LogP contribution in [0.15, 0.2) is 18.3 Å². The Balaban J connectivity index is 2.39. The quantitative estimate of drug-likeness (QED) is 0.602. The monoisotopic (exact) mass is 176 g/mol. The van der Waals surface area contributed by atoms with Crippen molar-refractivity contribution in [3.05, 3.63) is 23.9 Å². The Labute approximate surface area is 79.6 Å². The number of hydrogen-bond acceptors (Lipinski definition) is 2. The zero-order valence-electron chi connectivity index (χ0n) is 8.54. The van der Waals surface area contributed by atoms with Crippen LogP contribution in [0.1, 0.15) is 26.3 Å². The number of aromatic nitrogens is 1. The van der Waals surface area contributed by atoms with Crippen LogP contribution < -0.4 is 4.90 Å². The zero-order valence-corrected chi connectivity index (χ0v) is 8.54. The van der Waals surface area contributed by atoms with Crippen LogP contribution in [0.4, 0.5) is 5.82 Å². The van der Waals surface area contributed by atoms with Crippen LogP contribution in [0.25, 0.3) is 0 Å². The Bertz CT molecular complexity index is 312. The van der Waals surface area contributed by atoms with Gasteiger partial charge in [-0.3, -0.25) is 0 Å². The fraction of sp³-hybridized carbons (Fsp3) is 0.545. The normalized spacial score (nSPS) is 16.1. The molecule has 0 spiro atoms. The number of anilines is 1. The van der Waals surface area contributed by atoms with Crippen molar-refractivity contribution in [1.82, 2.24) is 4.98 Å². The van der Waals surface area contributed by atoms with Gasteiger partial charge in [-0.15, -0.1) is 0 Å². The molecule has 2 heteroatoms. The first-order chi connectivity index (χ1) is 6.09. The Morgan fingerprint density at radius 1 is 1.38 bits per heavy atom. The molecule has 0 bridgehead atoms. The molecule has 0 saturated heterocycles. The molecule has 0 unspecified atom stereocenters. The molecule has 0 aromatic carbocycles. The summed E-state index contributed by atoms with van der Waals surface area (Å²) in [5.74, 6) is 1.18. The summed E-state index contributed by atoms with van der Waals surface area (Å²) in [6.07, 6.45) is 3.02. The number of pyridine rings is 1. The highest BCUT2D eigenvalue weighted by Crippen LogP contribution is 2.30. The third-order valence-electron chi connectivity index (χ3n) is 2.54. The smallest absolute Gasteiger partial charge is 0.132 e. The maximum Gasteiger partial charge on any atom is 0.132 e. The SMILES string of the molecule is CC(C)(C)N1CCc2cccnc21. The van der Waals surface area contributed by atoms with Gasteiger partial charge >= 0.3 is 0 Å². The number of hydrogen-bond donors (Lipinski definition) is 0. The minimum Gasteiger partial charge on any atom is -0.351 e. The average Bonchev–Trinajstić information content (AvgIpc) is 2.45. The van der Waals surface area contributed by atoms with Gasteiger partial charge in [-0.25, -0.2) is 4.98 Å². The van der Waals surface area contributed by atoms with Gasteiger partial charge in [-0.1, -0.05) is 6.07 Å². The zero-order chi connectivity index (χ0) is 9.47. The first kappa shape index (κ1) is 8.54. The molecule has 13 heavy (non-hydrogen) atoms. The molecule has 70 valence electrons. The molecule has 2 nitrogen and oxygen atoms in total. The van der Waals surface area contributed by atoms with Crippen LogP contribution in [-0.4, -0.2) is 17.1 Å². The van der Waals surface area contributed by atoms with E-state index >= 15 is 0 Å². The number of fused-ring (bicyclic) bond motifs is 1. The minimum absolute atomic E-state index is 0.194. The van der Waals surface area contributed by atoms with Gasteiger partial charge in [0.15, 0.2) is 0 Å². The van der Waals surface area contributed by atoms with Crippen molar-refractivity contribution in [3.63, 3.8) is 0 Å². The van der Waals surface area contributed by atoms with Crippen LogP contribution in [0.3, 0.4) is 0 Å². The fourth-order valence-corrected chi connectivity index (χ4v) is 1.86. The van der Waals surface area contributed by atoms with Crippen LogP contribution in [-0.2, 0) is 6.42 Å². The molecule has 0 aliphatic carbocycles. The molecule has 1 aliphatic rings. The van der Waals surface area contributed by atoms with E-state index in [1.807, 2.05) is 12.3 Å². The second kappa shape index (κ2) is 2.72. The highest BCUT2D eigenvalue weighted by molar-refractivity contribution is 5.53. The Morgan fingerprint density at radius 3 is 2.85 bits per heavy atom. The molecule has 0 radical (unpaired) electrons. The summed E-state index contributed by atoms with van der Waals surface area (Å²) < 4.78 is 0. The molecule has 0 atom stereocenters. The highest BCUT2D eigenvalue weighted by atomic mass is 15.2. The summed E-state index contributed by atoms with van der Waals surface area (Å²) in [7, 11) is 0. The predicted molar refractivity (Wildman–Crippen MR) is 55.0 cm³/mol. The van der Waals surface area contributed by atoms with Crippen molar-refractivity contribution in [2.75, 3.05) is 11.4 Å². The molecule has 0 saturated carbocycles. The van der Waals surface area contributed by atoms with E-state index in [2.05, 4.69) is 36.7 Å². The van der Waals surface area contributed by atoms with Crippen molar-refractivity contribution in [2.24, 2.45) is 0 Å². The molecule has 1 aliphatic heterocycles. The maximum atomic E-state index is 4.43. The lowest BCUT2D eigenvalue weighted by atomic mass is 10.1. The molecule has 2 rings (SSSR count). The third-order valence-corrected chi connectivity index (χ3v) is 2.54. The third kappa shape index (κ3) is 1.41. The number of rotatable bonds is 0. The molecule has 0 amide bonds. The van der Waals surface area contributed by atoms with Crippen molar-refractivity contribution in [3.8, 4) is 0 Å². The van der Waals surface area contributed by atoms with Gasteiger partial charge < -0.3 is 4.90 Å². The van der Waals surface area contributed by atoms with Gasteiger partial charge in [0.25, 0.3) is 0 Å². The lowest BCUT2D eigenvalue weighted by Gasteiger charge is -2.33. The number of nitrogens with zero attached hydrogens (tertiary/aromatic N) is 2. The van der Waals surface area contributed by atoms with Gasteiger partial charge in [0.1, 0.15) is 5.82 Å². The van der Waals surface area contributed by atoms with Crippen LogP contribution >= 0.6 is 0 Å². The minimum atomic E-state index is 0.194. The lowest BCUT2D eigenvalue weighted by molar-refractivity contribution is 0.514. The summed E-state index contributed by atoms with van der Waals surface area (Å²) in [6, 6.07) is 4.19. The molecule has 0 fully saturated rings. The van der Waals surface area contributed by atoms with Gasteiger partial charge in [-0.05, 0) is 38.8 Å². The van der Waals surface area contributed by atoms with Crippen molar-refractivity contribution < 1.29 is 0 Å². The van der Waals surface area contributed by atoms with E-state index in [0.717, 1.165) is 13.0 Å². The van der Waals surface area contributed by atoms with Gasteiger partial charge in [-0.2, -0.15) is 0 Å². The summed E-state index contributed by atoms with van der Waals surface area (Å²) >= 11 is 0. The Hall–Kier alpha value is -1.05. The maximum absolute atomic E-state index is 4.43. The van der Waals surface area contributed by atoms with Crippen LogP contribution in [0.5, 0.6) is 0 Å². The summed E-state index contributed by atoms with van der Waals surface area (Å²) in [5.41, 5.74) is 1.58. The second-order valence-electron chi connectivity index (χ2n) is 4.56. The van der Waals surface area contributed by atoms with Crippen molar-refractivity contribution in [2.45, 2.75) is 32.7 Å². The molecule has 1 aromatic rings. The van der Waals surface area contributed by atoms with Crippen molar-refractivity contribution in [1.29, 1.82) is 0 Å². The van der Waals surface area contributed by atoms with E-state index in [-0.39, 0.29) is 5.54 Å². The lowest BCUT2D eigenvalue weighted by Crippen LogP contribution is -2.40. The Kier molecular flexibility index (Phi) is 1.79. The topological polar surface area (TPSA) is 16.1 Å². The van der Waals surface area contributed by atoms with Crippen molar-refractivity contribution >= 4 is 5.82 Å². The van der Waals surface area contributed by atoms with Gasteiger partial charge in [0, 0.05) is 18.3 Å². The summed E-state index contributed by atoms with van der Waals surface area (Å²) in [6.45, 7) is 7.81. The fourth-order valence-electron chi connectivity index (χ4n) is 1.86. The first-order valence-electron chi connectivity index (χ1n) is 4.80. The standard InChI is InChI=1S/C11H16N2/c1-11(2,3)13-8-6-9-5-4-7-12-10(9)13/h4-5,7H,6,8H2,1-3H3. The molecular weight excluding hydrogens is 160 g/mol. The van der Waals surface area contributed by atoms with E-state index in [0.29, 0.717) is 0 Å². The molecule has 0 N–H and O–H groups in total. The molecular formula is C11H16N2. The highest BCUT2D eigenvalue weighted by Gasteiger charge is 2.28. The summed E-state index contributed by atoms with van der Waals surface area (Å²) in [5, 5.41) is 0. The predicted octanol–water partition coefficient (Wildman–Crippen LogP) is 2.24. The van der Waals surface area contributed by atoms with Gasteiger partial charge in [0.2, 0.25) is 0 Å². The van der Waals surface area contributed by atoms with E-state index in [9.17, 15) is 0 Å². The van der Waals surface area contributed by atoms with Crippen LogP contribution in [0, 0.1) is 0 Å². The Morgan fingerprint density at radius 2 is 2.15 bits per heavy atom. The van der Waals surface area contributed by atoms with E-state index < -0.39 is 0 Å². The average molecular weight is 176 g/mol. The van der Waals surface area contributed by atoms with Crippen LogP contribution in [0.2, 0.25) is 0 Å². The first-order valence-corrected chi connectivity index (χ1v) is 4.80. The molecule has 2 heterocycles. The summed E-state index contributed by atoms with van der Waals surface area (Å²) in [4.78, 5) is 6.81. The van der Waals surface area contributed by atoms with E-state index in [4.69, 9.17) is 0 Å². The van der Waals surface area contributed by atoms with E-state index in [1.54, 1.807) is 0 Å². The second-order valence-corrected chi connectivity index (χ2v) is 4.56.